The molecule has 7 heteroatoms. The second-order valence-electron chi connectivity index (χ2n) is 8.26. The quantitative estimate of drug-likeness (QED) is 0.697. The summed E-state index contributed by atoms with van der Waals surface area (Å²) in [5.74, 6) is -0.425. The number of fused-ring (bicyclic) bond motifs is 1. The third-order valence-electron chi connectivity index (χ3n) is 5.71. The first-order chi connectivity index (χ1) is 15.3. The van der Waals surface area contributed by atoms with Crippen LogP contribution in [0, 0.1) is 0 Å². The third-order valence-corrected chi connectivity index (χ3v) is 5.71. The van der Waals surface area contributed by atoms with E-state index < -0.39 is 0 Å². The second kappa shape index (κ2) is 10.4. The first kappa shape index (κ1) is 23.5. The van der Waals surface area contributed by atoms with Crippen LogP contribution < -0.4 is 15.5 Å². The summed E-state index contributed by atoms with van der Waals surface area (Å²) in [5, 5.41) is 5.91. The van der Waals surface area contributed by atoms with E-state index in [-0.39, 0.29) is 43.3 Å². The van der Waals surface area contributed by atoms with Gasteiger partial charge in [0.25, 0.3) is 0 Å². The minimum absolute atomic E-state index is 0.0658. The van der Waals surface area contributed by atoms with Crippen molar-refractivity contribution in [1.29, 1.82) is 0 Å². The summed E-state index contributed by atoms with van der Waals surface area (Å²) in [6.45, 7) is 6.15. The van der Waals surface area contributed by atoms with Gasteiger partial charge in [-0.2, -0.15) is 0 Å². The number of aryl methyl sites for hydroxylation is 2. The molecule has 0 aliphatic carbocycles. The first-order valence-electron chi connectivity index (χ1n) is 11.1. The lowest BCUT2D eigenvalue weighted by Crippen LogP contribution is -2.45. The Kier molecular flexibility index (Phi) is 7.64. The third kappa shape index (κ3) is 5.34. The highest BCUT2D eigenvalue weighted by atomic mass is 16.2. The van der Waals surface area contributed by atoms with Gasteiger partial charge in [-0.1, -0.05) is 44.2 Å². The molecule has 3 amide bonds. The van der Waals surface area contributed by atoms with Gasteiger partial charge in [0.2, 0.25) is 17.7 Å². The fourth-order valence-electron chi connectivity index (χ4n) is 4.16. The average Bonchev–Trinajstić information content (AvgIpc) is 2.87. The van der Waals surface area contributed by atoms with E-state index in [4.69, 9.17) is 0 Å². The number of hydrogen-bond acceptors (Lipinski definition) is 4. The van der Waals surface area contributed by atoms with E-state index in [1.807, 2.05) is 43.3 Å². The van der Waals surface area contributed by atoms with Gasteiger partial charge in [-0.3, -0.25) is 19.3 Å². The molecule has 32 heavy (non-hydrogen) atoms. The van der Waals surface area contributed by atoms with Crippen LogP contribution in [-0.4, -0.2) is 48.8 Å². The van der Waals surface area contributed by atoms with Gasteiger partial charge in [0.05, 0.1) is 24.5 Å². The molecule has 2 N–H and O–H groups in total. The Balaban J connectivity index is 1.69. The SMILES string of the molecule is CCc1cccc(CC)c1NC(=O)CN(C)CC(=O)N1c2ccccc2NC(=O)C[C@H]1C. The summed E-state index contributed by atoms with van der Waals surface area (Å²) < 4.78 is 0. The number of rotatable bonds is 7. The van der Waals surface area contributed by atoms with Crippen molar-refractivity contribution in [1.82, 2.24) is 4.90 Å². The second-order valence-corrected chi connectivity index (χ2v) is 8.26. The number of anilines is 3. The van der Waals surface area contributed by atoms with Crippen LogP contribution in [0.4, 0.5) is 17.1 Å². The molecule has 1 aliphatic rings. The lowest BCUT2D eigenvalue weighted by Gasteiger charge is -2.29. The molecule has 1 heterocycles. The van der Waals surface area contributed by atoms with E-state index in [1.54, 1.807) is 22.9 Å². The number of nitrogens with one attached hydrogen (secondary N) is 2. The molecule has 0 aromatic heterocycles. The van der Waals surface area contributed by atoms with Crippen LogP contribution in [0.15, 0.2) is 42.5 Å². The Bertz CT molecular complexity index is 982. The molecule has 1 aliphatic heterocycles. The molecule has 3 rings (SSSR count). The molecule has 2 aromatic carbocycles. The predicted molar refractivity (Wildman–Crippen MR) is 128 cm³/mol. The number of nitrogens with zero attached hydrogens (tertiary/aromatic N) is 2. The summed E-state index contributed by atoms with van der Waals surface area (Å²) in [5.41, 5.74) is 4.38. The maximum absolute atomic E-state index is 13.2. The van der Waals surface area contributed by atoms with Crippen LogP contribution in [0.2, 0.25) is 0 Å². The van der Waals surface area contributed by atoms with E-state index >= 15 is 0 Å². The number of para-hydroxylation sites is 3. The van der Waals surface area contributed by atoms with Gasteiger partial charge in [0.1, 0.15) is 0 Å². The van der Waals surface area contributed by atoms with Crippen molar-refractivity contribution >= 4 is 34.8 Å². The van der Waals surface area contributed by atoms with Gasteiger partial charge in [-0.15, -0.1) is 0 Å². The van der Waals surface area contributed by atoms with Crippen molar-refractivity contribution in [2.45, 2.75) is 46.1 Å². The van der Waals surface area contributed by atoms with E-state index in [0.29, 0.717) is 11.4 Å². The Morgan fingerprint density at radius 3 is 2.38 bits per heavy atom. The monoisotopic (exact) mass is 436 g/mol. The Morgan fingerprint density at radius 1 is 1.06 bits per heavy atom. The lowest BCUT2D eigenvalue weighted by atomic mass is 10.0. The molecule has 1 atom stereocenters. The largest absolute Gasteiger partial charge is 0.324 e. The normalized spacial score (nSPS) is 15.7. The fraction of sp³-hybridized carbons (Fsp3) is 0.400. The van der Waals surface area contributed by atoms with Crippen LogP contribution in [0.5, 0.6) is 0 Å². The van der Waals surface area contributed by atoms with Gasteiger partial charge < -0.3 is 15.5 Å². The van der Waals surface area contributed by atoms with Crippen molar-refractivity contribution in [3.05, 3.63) is 53.6 Å². The average molecular weight is 437 g/mol. The standard InChI is InChI=1S/C25H32N4O3/c1-5-18-10-9-11-19(6-2)25(18)27-23(31)15-28(4)16-24(32)29-17(3)14-22(30)26-20-12-7-8-13-21(20)29/h7-13,17H,5-6,14-16H2,1-4H3,(H,26,30)(H,27,31)/t17-/m1/s1. The maximum atomic E-state index is 13.2. The van der Waals surface area contributed by atoms with Gasteiger partial charge >= 0.3 is 0 Å². The van der Waals surface area contributed by atoms with Crippen molar-refractivity contribution in [2.24, 2.45) is 0 Å². The molecule has 0 spiro atoms. The predicted octanol–water partition coefficient (Wildman–Crippen LogP) is 3.45. The fourth-order valence-corrected chi connectivity index (χ4v) is 4.16. The first-order valence-corrected chi connectivity index (χ1v) is 11.1. The zero-order valence-corrected chi connectivity index (χ0v) is 19.3. The summed E-state index contributed by atoms with van der Waals surface area (Å²) in [6, 6.07) is 13.1. The minimum Gasteiger partial charge on any atom is -0.324 e. The molecule has 0 saturated heterocycles. The molecule has 2 aromatic rings. The Hall–Kier alpha value is -3.19. The Labute approximate surface area is 189 Å². The van der Waals surface area contributed by atoms with Crippen LogP contribution in [0.3, 0.4) is 0 Å². The number of hydrogen-bond donors (Lipinski definition) is 2. The number of carbonyl (C=O) groups is 3. The van der Waals surface area contributed by atoms with E-state index in [1.165, 1.54) is 0 Å². The molecule has 0 fully saturated rings. The zero-order chi connectivity index (χ0) is 23.3. The van der Waals surface area contributed by atoms with Crippen LogP contribution >= 0.6 is 0 Å². The molecular formula is C25H32N4O3. The molecule has 170 valence electrons. The van der Waals surface area contributed by atoms with Gasteiger partial charge in [-0.05, 0) is 50.1 Å². The summed E-state index contributed by atoms with van der Waals surface area (Å²) >= 11 is 0. The molecule has 0 saturated carbocycles. The van der Waals surface area contributed by atoms with Crippen molar-refractivity contribution < 1.29 is 14.4 Å². The molecule has 0 radical (unpaired) electrons. The van der Waals surface area contributed by atoms with Crippen LogP contribution in [0.25, 0.3) is 0 Å². The summed E-state index contributed by atoms with van der Waals surface area (Å²) in [7, 11) is 1.75. The number of amides is 3. The van der Waals surface area contributed by atoms with Crippen LogP contribution in [-0.2, 0) is 27.2 Å². The lowest BCUT2D eigenvalue weighted by molar-refractivity contribution is -0.121. The summed E-state index contributed by atoms with van der Waals surface area (Å²) in [4.78, 5) is 41.5. The van der Waals surface area contributed by atoms with Crippen molar-refractivity contribution in [3.63, 3.8) is 0 Å². The molecule has 7 nitrogen and oxygen atoms in total. The zero-order valence-electron chi connectivity index (χ0n) is 19.3. The van der Waals surface area contributed by atoms with Crippen LogP contribution in [0.1, 0.15) is 38.3 Å². The highest BCUT2D eigenvalue weighted by Crippen LogP contribution is 2.31. The summed E-state index contributed by atoms with van der Waals surface area (Å²) in [6.07, 6.45) is 1.88. The number of likely N-dealkylation sites (N-methyl/N-ethyl adjacent to an activating group) is 1. The van der Waals surface area contributed by atoms with Crippen molar-refractivity contribution in [2.75, 3.05) is 35.7 Å². The minimum atomic E-state index is -0.281. The van der Waals surface area contributed by atoms with Crippen molar-refractivity contribution in [3.8, 4) is 0 Å². The molecular weight excluding hydrogens is 404 g/mol. The van der Waals surface area contributed by atoms with Gasteiger partial charge in [0, 0.05) is 18.2 Å². The maximum Gasteiger partial charge on any atom is 0.241 e. The molecule has 0 bridgehead atoms. The Morgan fingerprint density at radius 2 is 1.72 bits per heavy atom. The van der Waals surface area contributed by atoms with E-state index in [9.17, 15) is 14.4 Å². The van der Waals surface area contributed by atoms with Gasteiger partial charge in [0.15, 0.2) is 0 Å². The number of carbonyl (C=O) groups excluding carboxylic acids is 3. The van der Waals surface area contributed by atoms with E-state index in [0.717, 1.165) is 29.7 Å². The van der Waals surface area contributed by atoms with Gasteiger partial charge in [-0.25, -0.2) is 0 Å². The molecule has 0 unspecified atom stereocenters. The number of benzene rings is 2. The highest BCUT2D eigenvalue weighted by molar-refractivity contribution is 6.05. The topological polar surface area (TPSA) is 81.8 Å². The highest BCUT2D eigenvalue weighted by Gasteiger charge is 2.30. The van der Waals surface area contributed by atoms with E-state index in [2.05, 4.69) is 24.5 Å². The smallest absolute Gasteiger partial charge is 0.241 e.